The second-order valence-electron chi connectivity index (χ2n) is 6.01. The summed E-state index contributed by atoms with van der Waals surface area (Å²) < 4.78 is 31.9. The number of carbonyl (C=O) groups excluding carboxylic acids is 2. The highest BCUT2D eigenvalue weighted by molar-refractivity contribution is 7.08. The Labute approximate surface area is 159 Å². The largest absolute Gasteiger partial charge is 0.379 e. The molecule has 1 aliphatic rings. The summed E-state index contributed by atoms with van der Waals surface area (Å²) in [5.74, 6) is -3.60. The Balaban J connectivity index is 1.60. The normalized spacial score (nSPS) is 15.9. The summed E-state index contributed by atoms with van der Waals surface area (Å²) in [4.78, 5) is 26.3. The summed E-state index contributed by atoms with van der Waals surface area (Å²) in [5, 5.41) is 8.70. The molecule has 2 aromatic rings. The number of hydrogen-bond donors (Lipinski definition) is 2. The molecule has 0 unspecified atom stereocenters. The lowest BCUT2D eigenvalue weighted by atomic mass is 10.1. The quantitative estimate of drug-likeness (QED) is 0.762. The second kappa shape index (κ2) is 9.03. The predicted octanol–water partition coefficient (Wildman–Crippen LogP) is 2.15. The van der Waals surface area contributed by atoms with Crippen LogP contribution in [-0.4, -0.2) is 49.6 Å². The third kappa shape index (κ3) is 5.09. The van der Waals surface area contributed by atoms with Gasteiger partial charge in [0, 0.05) is 25.7 Å². The fraction of sp³-hybridized carbons (Fsp3) is 0.333. The standard InChI is InChI=1S/C18H19F2N3O3S/c19-13-1-2-15(14(20)9-13)22-18(25)17(24)21-10-16(12-3-8-27-11-12)23-4-6-26-7-5-23/h1-3,8-9,11,16H,4-7,10H2,(H,21,24)(H,22,25)/t16-/m1/s1. The Kier molecular flexibility index (Phi) is 6.49. The number of morpholine rings is 1. The van der Waals surface area contributed by atoms with Crippen LogP contribution in [0.25, 0.3) is 0 Å². The van der Waals surface area contributed by atoms with Gasteiger partial charge < -0.3 is 15.4 Å². The van der Waals surface area contributed by atoms with E-state index in [1.807, 2.05) is 16.8 Å². The third-order valence-electron chi connectivity index (χ3n) is 4.26. The number of thiophene rings is 1. The Hall–Kier alpha value is -2.36. The van der Waals surface area contributed by atoms with Gasteiger partial charge in [0.25, 0.3) is 0 Å². The number of carbonyl (C=O) groups is 2. The van der Waals surface area contributed by atoms with E-state index in [0.29, 0.717) is 19.3 Å². The van der Waals surface area contributed by atoms with Crippen LogP contribution in [0, 0.1) is 11.6 Å². The Bertz CT molecular complexity index is 795. The van der Waals surface area contributed by atoms with E-state index in [4.69, 9.17) is 4.74 Å². The van der Waals surface area contributed by atoms with Crippen LogP contribution in [-0.2, 0) is 14.3 Å². The second-order valence-corrected chi connectivity index (χ2v) is 6.79. The summed E-state index contributed by atoms with van der Waals surface area (Å²) in [6.07, 6.45) is 0. The molecule has 2 heterocycles. The Morgan fingerprint density at radius 3 is 2.63 bits per heavy atom. The molecule has 144 valence electrons. The highest BCUT2D eigenvalue weighted by Crippen LogP contribution is 2.23. The molecule has 1 atom stereocenters. The summed E-state index contributed by atoms with van der Waals surface area (Å²) in [6.45, 7) is 2.90. The summed E-state index contributed by atoms with van der Waals surface area (Å²) >= 11 is 1.55. The fourth-order valence-corrected chi connectivity index (χ4v) is 3.56. The summed E-state index contributed by atoms with van der Waals surface area (Å²) in [6, 6.07) is 4.60. The van der Waals surface area contributed by atoms with Gasteiger partial charge in [-0.25, -0.2) is 8.78 Å². The maximum absolute atomic E-state index is 13.6. The Morgan fingerprint density at radius 1 is 1.19 bits per heavy atom. The number of hydrogen-bond acceptors (Lipinski definition) is 5. The molecule has 0 radical (unpaired) electrons. The molecule has 0 spiro atoms. The number of nitrogens with zero attached hydrogens (tertiary/aromatic N) is 1. The smallest absolute Gasteiger partial charge is 0.313 e. The molecule has 2 N–H and O–H groups in total. The molecular weight excluding hydrogens is 376 g/mol. The molecule has 0 saturated carbocycles. The molecule has 9 heteroatoms. The van der Waals surface area contributed by atoms with Gasteiger partial charge >= 0.3 is 11.8 Å². The van der Waals surface area contributed by atoms with Gasteiger partial charge in [-0.1, -0.05) is 0 Å². The first-order valence-corrected chi connectivity index (χ1v) is 9.37. The number of rotatable bonds is 5. The van der Waals surface area contributed by atoms with Crippen LogP contribution in [0.4, 0.5) is 14.5 Å². The molecule has 27 heavy (non-hydrogen) atoms. The van der Waals surface area contributed by atoms with Crippen molar-refractivity contribution < 1.29 is 23.1 Å². The van der Waals surface area contributed by atoms with Crippen molar-refractivity contribution in [2.24, 2.45) is 0 Å². The number of anilines is 1. The highest BCUT2D eigenvalue weighted by atomic mass is 32.1. The van der Waals surface area contributed by atoms with E-state index in [0.717, 1.165) is 30.8 Å². The van der Waals surface area contributed by atoms with Crippen LogP contribution >= 0.6 is 11.3 Å². The van der Waals surface area contributed by atoms with Crippen molar-refractivity contribution >= 4 is 28.8 Å². The van der Waals surface area contributed by atoms with Gasteiger partial charge in [0.15, 0.2) is 0 Å². The number of benzene rings is 1. The van der Waals surface area contributed by atoms with Gasteiger partial charge in [-0.2, -0.15) is 11.3 Å². The van der Waals surface area contributed by atoms with Crippen molar-refractivity contribution in [3.63, 3.8) is 0 Å². The monoisotopic (exact) mass is 395 g/mol. The van der Waals surface area contributed by atoms with Crippen molar-refractivity contribution in [2.45, 2.75) is 6.04 Å². The van der Waals surface area contributed by atoms with Gasteiger partial charge in [-0.05, 0) is 34.5 Å². The van der Waals surface area contributed by atoms with E-state index in [-0.39, 0.29) is 18.3 Å². The van der Waals surface area contributed by atoms with Crippen LogP contribution in [0.2, 0.25) is 0 Å². The first kappa shape index (κ1) is 19.4. The zero-order valence-corrected chi connectivity index (χ0v) is 15.2. The number of ether oxygens (including phenoxy) is 1. The van der Waals surface area contributed by atoms with Crippen LogP contribution in [0.1, 0.15) is 11.6 Å². The molecular formula is C18H19F2N3O3S. The summed E-state index contributed by atoms with van der Waals surface area (Å²) in [7, 11) is 0. The van der Waals surface area contributed by atoms with Crippen LogP contribution in [0.15, 0.2) is 35.0 Å². The van der Waals surface area contributed by atoms with E-state index in [1.165, 1.54) is 0 Å². The average Bonchev–Trinajstić information content (AvgIpc) is 3.19. The van der Waals surface area contributed by atoms with E-state index in [1.54, 1.807) is 11.3 Å². The van der Waals surface area contributed by atoms with E-state index < -0.39 is 23.4 Å². The van der Waals surface area contributed by atoms with Crippen LogP contribution < -0.4 is 10.6 Å². The first-order valence-electron chi connectivity index (χ1n) is 8.42. The molecule has 2 amide bonds. The lowest BCUT2D eigenvalue weighted by Gasteiger charge is -2.34. The Morgan fingerprint density at radius 2 is 1.96 bits per heavy atom. The first-order chi connectivity index (χ1) is 13.0. The SMILES string of the molecule is O=C(NC[C@H](c1ccsc1)N1CCOCC1)C(=O)Nc1ccc(F)cc1F. The number of halogens is 2. The van der Waals surface area contributed by atoms with Crippen molar-refractivity contribution in [3.8, 4) is 0 Å². The van der Waals surface area contributed by atoms with Crippen LogP contribution in [0.5, 0.6) is 0 Å². The zero-order chi connectivity index (χ0) is 19.2. The molecule has 0 aliphatic carbocycles. The van der Waals surface area contributed by atoms with Crippen LogP contribution in [0.3, 0.4) is 0 Å². The van der Waals surface area contributed by atoms with Crippen molar-refractivity contribution in [1.29, 1.82) is 0 Å². The number of amides is 2. The molecule has 1 aromatic carbocycles. The lowest BCUT2D eigenvalue weighted by molar-refractivity contribution is -0.136. The van der Waals surface area contributed by atoms with Gasteiger partial charge in [-0.3, -0.25) is 14.5 Å². The molecule has 1 aromatic heterocycles. The topological polar surface area (TPSA) is 70.7 Å². The van der Waals surface area contributed by atoms with Crippen molar-refractivity contribution in [2.75, 3.05) is 38.2 Å². The van der Waals surface area contributed by atoms with E-state index >= 15 is 0 Å². The third-order valence-corrected chi connectivity index (χ3v) is 4.96. The molecule has 0 bridgehead atoms. The minimum atomic E-state index is -1.01. The van der Waals surface area contributed by atoms with Gasteiger partial charge in [0.2, 0.25) is 0 Å². The van der Waals surface area contributed by atoms with Crippen molar-refractivity contribution in [3.05, 3.63) is 52.2 Å². The van der Waals surface area contributed by atoms with Gasteiger partial charge in [0.05, 0.1) is 24.9 Å². The predicted molar refractivity (Wildman–Crippen MR) is 97.4 cm³/mol. The zero-order valence-electron chi connectivity index (χ0n) is 14.4. The van der Waals surface area contributed by atoms with E-state index in [9.17, 15) is 18.4 Å². The maximum Gasteiger partial charge on any atom is 0.313 e. The lowest BCUT2D eigenvalue weighted by Crippen LogP contribution is -2.45. The van der Waals surface area contributed by atoms with E-state index in [2.05, 4.69) is 15.5 Å². The fourth-order valence-electron chi connectivity index (χ4n) is 2.85. The average molecular weight is 395 g/mol. The minimum Gasteiger partial charge on any atom is -0.379 e. The molecule has 6 nitrogen and oxygen atoms in total. The molecule has 3 rings (SSSR count). The van der Waals surface area contributed by atoms with Gasteiger partial charge in [0.1, 0.15) is 11.6 Å². The molecule has 1 fully saturated rings. The molecule has 1 saturated heterocycles. The summed E-state index contributed by atoms with van der Waals surface area (Å²) in [5.41, 5.74) is 0.798. The highest BCUT2D eigenvalue weighted by Gasteiger charge is 2.25. The van der Waals surface area contributed by atoms with Gasteiger partial charge in [-0.15, -0.1) is 0 Å². The minimum absolute atomic E-state index is 0.0838. The van der Waals surface area contributed by atoms with Crippen molar-refractivity contribution in [1.82, 2.24) is 10.2 Å². The maximum atomic E-state index is 13.6. The number of nitrogens with one attached hydrogen (secondary N) is 2. The molecule has 1 aliphatic heterocycles.